The first kappa shape index (κ1) is 12.5. The van der Waals surface area contributed by atoms with Gasteiger partial charge in [0.1, 0.15) is 0 Å². The van der Waals surface area contributed by atoms with Crippen molar-refractivity contribution >= 4 is 17.8 Å². The summed E-state index contributed by atoms with van der Waals surface area (Å²) in [6, 6.07) is 0. The molecule has 1 aliphatic carbocycles. The van der Waals surface area contributed by atoms with E-state index in [1.165, 1.54) is 6.92 Å². The second kappa shape index (κ2) is 4.76. The summed E-state index contributed by atoms with van der Waals surface area (Å²) in [5.74, 6) is -1.29. The first-order chi connectivity index (χ1) is 8.56. The molecule has 96 valence electrons. The van der Waals surface area contributed by atoms with E-state index in [1.807, 2.05) is 0 Å². The number of rotatable bonds is 3. The van der Waals surface area contributed by atoms with Crippen LogP contribution in [0.4, 0.5) is 0 Å². The van der Waals surface area contributed by atoms with Crippen molar-refractivity contribution in [2.75, 3.05) is 0 Å². The maximum absolute atomic E-state index is 12.1. The molecule has 0 aromatic heterocycles. The van der Waals surface area contributed by atoms with Gasteiger partial charge in [0.2, 0.25) is 0 Å². The summed E-state index contributed by atoms with van der Waals surface area (Å²) in [6.07, 6.45) is 3.24. The van der Waals surface area contributed by atoms with Crippen LogP contribution in [0.25, 0.3) is 0 Å². The lowest BCUT2D eigenvalue weighted by atomic mass is 9.93. The first-order valence-corrected chi connectivity index (χ1v) is 5.99. The molecule has 2 rings (SSSR count). The van der Waals surface area contributed by atoms with Gasteiger partial charge in [0.05, 0.1) is 0 Å². The minimum atomic E-state index is -0.888. The Bertz CT molecular complexity index is 436. The molecular weight excluding hydrogens is 234 g/mol. The van der Waals surface area contributed by atoms with Crippen molar-refractivity contribution in [2.45, 2.75) is 38.8 Å². The van der Waals surface area contributed by atoms with Gasteiger partial charge in [-0.25, -0.2) is 9.69 Å². The Kier molecular flexibility index (Phi) is 3.32. The zero-order chi connectivity index (χ0) is 13.3. The molecule has 0 bridgehead atoms. The van der Waals surface area contributed by atoms with Crippen molar-refractivity contribution in [2.24, 2.45) is 0 Å². The second-order valence-corrected chi connectivity index (χ2v) is 4.38. The summed E-state index contributed by atoms with van der Waals surface area (Å²) >= 11 is 0. The van der Waals surface area contributed by atoms with Gasteiger partial charge in [0.25, 0.3) is 11.8 Å². The predicted octanol–water partition coefficient (Wildman–Crippen LogP) is 1.30. The van der Waals surface area contributed by atoms with Crippen LogP contribution in [0.15, 0.2) is 23.8 Å². The van der Waals surface area contributed by atoms with Crippen molar-refractivity contribution in [1.29, 1.82) is 0 Å². The molecule has 0 spiro atoms. The van der Waals surface area contributed by atoms with Crippen LogP contribution in [0.1, 0.15) is 32.6 Å². The van der Waals surface area contributed by atoms with Crippen molar-refractivity contribution in [3.63, 3.8) is 0 Å². The van der Waals surface area contributed by atoms with Gasteiger partial charge in [-0.05, 0) is 32.6 Å². The Morgan fingerprint density at radius 2 is 1.78 bits per heavy atom. The van der Waals surface area contributed by atoms with Gasteiger partial charge in [-0.1, -0.05) is 6.58 Å². The number of nitrogens with zero attached hydrogens (tertiary/aromatic N) is 1. The SMILES string of the molecule is C=CC(=O)OC(C)N1C(=O)C2=C(CCCC2)C1=O. The van der Waals surface area contributed by atoms with E-state index in [2.05, 4.69) is 6.58 Å². The molecule has 5 nitrogen and oxygen atoms in total. The molecule has 1 unspecified atom stereocenters. The largest absolute Gasteiger partial charge is 0.438 e. The molecule has 1 atom stereocenters. The van der Waals surface area contributed by atoms with E-state index in [1.54, 1.807) is 0 Å². The number of hydrogen-bond acceptors (Lipinski definition) is 4. The molecule has 0 saturated carbocycles. The second-order valence-electron chi connectivity index (χ2n) is 4.38. The first-order valence-electron chi connectivity index (χ1n) is 5.99. The van der Waals surface area contributed by atoms with Crippen molar-refractivity contribution in [1.82, 2.24) is 4.90 Å². The van der Waals surface area contributed by atoms with Crippen molar-refractivity contribution in [3.8, 4) is 0 Å². The molecule has 5 heteroatoms. The summed E-state index contributed by atoms with van der Waals surface area (Å²) in [5.41, 5.74) is 1.18. The summed E-state index contributed by atoms with van der Waals surface area (Å²) in [4.78, 5) is 36.3. The number of ether oxygens (including phenoxy) is 1. The van der Waals surface area contributed by atoms with Crippen LogP contribution >= 0.6 is 0 Å². The highest BCUT2D eigenvalue weighted by Gasteiger charge is 2.42. The Morgan fingerprint density at radius 3 is 2.22 bits per heavy atom. The van der Waals surface area contributed by atoms with E-state index < -0.39 is 12.2 Å². The third-order valence-electron chi connectivity index (χ3n) is 3.24. The minimum absolute atomic E-state index is 0.320. The molecule has 2 aliphatic rings. The molecule has 2 amide bonds. The van der Waals surface area contributed by atoms with E-state index in [0.717, 1.165) is 23.8 Å². The van der Waals surface area contributed by atoms with Gasteiger partial charge in [-0.3, -0.25) is 9.59 Å². The lowest BCUT2D eigenvalue weighted by Crippen LogP contribution is -2.41. The third kappa shape index (κ3) is 1.96. The fourth-order valence-electron chi connectivity index (χ4n) is 2.36. The van der Waals surface area contributed by atoms with Gasteiger partial charge in [-0.15, -0.1) is 0 Å². The van der Waals surface area contributed by atoms with E-state index in [-0.39, 0.29) is 11.8 Å². The molecule has 1 heterocycles. The number of amides is 2. The average molecular weight is 249 g/mol. The number of imide groups is 1. The van der Waals surface area contributed by atoms with Crippen LogP contribution in [0.5, 0.6) is 0 Å². The van der Waals surface area contributed by atoms with E-state index >= 15 is 0 Å². The topological polar surface area (TPSA) is 63.7 Å². The number of esters is 1. The maximum Gasteiger partial charge on any atom is 0.332 e. The highest BCUT2D eigenvalue weighted by Crippen LogP contribution is 2.33. The zero-order valence-corrected chi connectivity index (χ0v) is 10.3. The molecular formula is C13H15NO4. The number of carbonyl (C=O) groups is 3. The quantitative estimate of drug-likeness (QED) is 0.429. The molecule has 0 aromatic rings. The monoisotopic (exact) mass is 249 g/mol. The van der Waals surface area contributed by atoms with Crippen LogP contribution in [0, 0.1) is 0 Å². The summed E-state index contributed by atoms with van der Waals surface area (Å²) in [7, 11) is 0. The van der Waals surface area contributed by atoms with Crippen molar-refractivity contribution < 1.29 is 19.1 Å². The van der Waals surface area contributed by atoms with E-state index in [4.69, 9.17) is 4.74 Å². The summed E-state index contributed by atoms with van der Waals surface area (Å²) in [5, 5.41) is 0. The molecule has 18 heavy (non-hydrogen) atoms. The normalized spacial score (nSPS) is 20.8. The molecule has 0 radical (unpaired) electrons. The summed E-state index contributed by atoms with van der Waals surface area (Å²) in [6.45, 7) is 4.79. The van der Waals surface area contributed by atoms with Crippen LogP contribution in [0.3, 0.4) is 0 Å². The Hall–Kier alpha value is -1.91. The van der Waals surface area contributed by atoms with Crippen LogP contribution in [-0.2, 0) is 19.1 Å². The predicted molar refractivity (Wildman–Crippen MR) is 63.1 cm³/mol. The average Bonchev–Trinajstić information content (AvgIpc) is 2.62. The molecule has 0 N–H and O–H groups in total. The van der Waals surface area contributed by atoms with Gasteiger partial charge < -0.3 is 4.74 Å². The van der Waals surface area contributed by atoms with E-state index in [9.17, 15) is 14.4 Å². The van der Waals surface area contributed by atoms with Gasteiger partial charge >= 0.3 is 5.97 Å². The van der Waals surface area contributed by atoms with E-state index in [0.29, 0.717) is 24.0 Å². The Balaban J connectivity index is 2.17. The molecule has 0 aromatic carbocycles. The molecule has 0 fully saturated rings. The van der Waals surface area contributed by atoms with Gasteiger partial charge in [-0.2, -0.15) is 0 Å². The maximum atomic E-state index is 12.1. The standard InChI is InChI=1S/C13H15NO4/c1-3-11(15)18-8(2)14-12(16)9-6-4-5-7-10(9)13(14)17/h3,8H,1,4-7H2,2H3. The van der Waals surface area contributed by atoms with Crippen molar-refractivity contribution in [3.05, 3.63) is 23.8 Å². The number of carbonyl (C=O) groups excluding carboxylic acids is 3. The van der Waals surface area contributed by atoms with Gasteiger partial charge in [0, 0.05) is 17.2 Å². The minimum Gasteiger partial charge on any atom is -0.438 e. The van der Waals surface area contributed by atoms with Crippen LogP contribution in [0.2, 0.25) is 0 Å². The molecule has 1 aliphatic heterocycles. The lowest BCUT2D eigenvalue weighted by Gasteiger charge is -2.22. The smallest absolute Gasteiger partial charge is 0.332 e. The Morgan fingerprint density at radius 1 is 1.28 bits per heavy atom. The third-order valence-corrected chi connectivity index (χ3v) is 3.24. The fraction of sp³-hybridized carbons (Fsp3) is 0.462. The Labute approximate surface area is 105 Å². The fourth-order valence-corrected chi connectivity index (χ4v) is 2.36. The highest BCUT2D eigenvalue weighted by atomic mass is 16.6. The highest BCUT2D eigenvalue weighted by molar-refractivity contribution is 6.19. The van der Waals surface area contributed by atoms with Gasteiger partial charge in [0.15, 0.2) is 6.23 Å². The van der Waals surface area contributed by atoms with Crippen LogP contribution in [-0.4, -0.2) is 28.9 Å². The lowest BCUT2D eigenvalue weighted by molar-refractivity contribution is -0.161. The summed E-state index contributed by atoms with van der Waals surface area (Å²) < 4.78 is 4.93. The molecule has 0 saturated heterocycles. The number of hydrogen-bond donors (Lipinski definition) is 0. The van der Waals surface area contributed by atoms with Crippen LogP contribution < -0.4 is 0 Å². The zero-order valence-electron chi connectivity index (χ0n) is 10.3.